The monoisotopic (exact) mass is 378 g/mol. The molecular formula is C15H20Cl2N2O3S. The zero-order chi connectivity index (χ0) is 17.0. The maximum Gasteiger partial charge on any atom is 0.232 e. The number of benzene rings is 1. The number of nitrogens with zero attached hydrogens (tertiary/aromatic N) is 2. The number of anilines is 1. The van der Waals surface area contributed by atoms with E-state index in [0.29, 0.717) is 15.7 Å². The van der Waals surface area contributed by atoms with Crippen LogP contribution in [0.3, 0.4) is 0 Å². The van der Waals surface area contributed by atoms with Crippen LogP contribution in [-0.2, 0) is 14.8 Å². The summed E-state index contributed by atoms with van der Waals surface area (Å²) in [6, 6.07) is 4.59. The van der Waals surface area contributed by atoms with Gasteiger partial charge in [-0.2, -0.15) is 0 Å². The largest absolute Gasteiger partial charge is 0.343 e. The molecule has 1 amide bonds. The Labute approximate surface area is 147 Å². The summed E-state index contributed by atoms with van der Waals surface area (Å²) in [7, 11) is -3.53. The van der Waals surface area contributed by atoms with Crippen LogP contribution in [0.2, 0.25) is 10.0 Å². The Morgan fingerprint density at radius 1 is 1.13 bits per heavy atom. The second kappa shape index (κ2) is 7.73. The fraction of sp³-hybridized carbons (Fsp3) is 0.533. The Bertz CT molecular complexity index is 653. The molecule has 1 heterocycles. The predicted molar refractivity (Wildman–Crippen MR) is 93.7 cm³/mol. The molecule has 1 aromatic rings. The molecule has 2 rings (SSSR count). The number of amides is 1. The molecule has 1 aliphatic rings. The molecule has 0 saturated carbocycles. The highest BCUT2D eigenvalue weighted by Gasteiger charge is 2.22. The van der Waals surface area contributed by atoms with Crippen LogP contribution in [0.25, 0.3) is 0 Å². The summed E-state index contributed by atoms with van der Waals surface area (Å²) in [6.45, 7) is 1.58. The highest BCUT2D eigenvalue weighted by molar-refractivity contribution is 7.92. The highest BCUT2D eigenvalue weighted by atomic mass is 35.5. The molecule has 128 valence electrons. The van der Waals surface area contributed by atoms with Crippen LogP contribution >= 0.6 is 23.2 Å². The summed E-state index contributed by atoms with van der Waals surface area (Å²) in [5.74, 6) is -0.0218. The molecule has 1 aliphatic heterocycles. The minimum absolute atomic E-state index is 0.0218. The number of rotatable bonds is 5. The molecule has 0 spiro atoms. The van der Waals surface area contributed by atoms with Gasteiger partial charge in [0.1, 0.15) is 0 Å². The number of carbonyl (C=O) groups is 1. The van der Waals surface area contributed by atoms with E-state index in [1.54, 1.807) is 4.90 Å². The van der Waals surface area contributed by atoms with Gasteiger partial charge in [-0.15, -0.1) is 0 Å². The van der Waals surface area contributed by atoms with Gasteiger partial charge in [0, 0.05) is 36.1 Å². The number of hydrogen-bond acceptors (Lipinski definition) is 3. The van der Waals surface area contributed by atoms with Crippen LogP contribution in [0.1, 0.15) is 25.7 Å². The first-order valence-electron chi connectivity index (χ1n) is 7.49. The van der Waals surface area contributed by atoms with Gasteiger partial charge in [-0.05, 0) is 37.5 Å². The third kappa shape index (κ3) is 5.26. The third-order valence-electron chi connectivity index (χ3n) is 3.77. The van der Waals surface area contributed by atoms with Crippen molar-refractivity contribution in [1.82, 2.24) is 4.90 Å². The van der Waals surface area contributed by atoms with Gasteiger partial charge in [-0.25, -0.2) is 8.42 Å². The maximum atomic E-state index is 12.2. The lowest BCUT2D eigenvalue weighted by atomic mass is 10.1. The van der Waals surface area contributed by atoms with Crippen molar-refractivity contribution < 1.29 is 13.2 Å². The minimum Gasteiger partial charge on any atom is -0.343 e. The van der Waals surface area contributed by atoms with Gasteiger partial charge in [-0.1, -0.05) is 23.2 Å². The summed E-state index contributed by atoms with van der Waals surface area (Å²) in [6.07, 6.45) is 4.39. The van der Waals surface area contributed by atoms with Crippen molar-refractivity contribution in [1.29, 1.82) is 0 Å². The smallest absolute Gasteiger partial charge is 0.232 e. The van der Waals surface area contributed by atoms with Gasteiger partial charge in [0.05, 0.1) is 11.9 Å². The average Bonchev–Trinajstić information content (AvgIpc) is 2.45. The second-order valence-electron chi connectivity index (χ2n) is 5.65. The number of carbonyl (C=O) groups excluding carboxylic acids is 1. The number of halogens is 2. The topological polar surface area (TPSA) is 57.7 Å². The van der Waals surface area contributed by atoms with Crippen LogP contribution in [0.5, 0.6) is 0 Å². The van der Waals surface area contributed by atoms with Gasteiger partial charge >= 0.3 is 0 Å². The molecule has 0 aromatic heterocycles. The molecule has 8 heteroatoms. The van der Waals surface area contributed by atoms with E-state index in [4.69, 9.17) is 23.2 Å². The fourth-order valence-electron chi connectivity index (χ4n) is 2.67. The number of hydrogen-bond donors (Lipinski definition) is 0. The van der Waals surface area contributed by atoms with Gasteiger partial charge in [0.2, 0.25) is 15.9 Å². The SMILES string of the molecule is CS(=O)(=O)N(CCC(=O)N1CCCCC1)c1cc(Cl)cc(Cl)c1. The molecule has 1 saturated heterocycles. The van der Waals surface area contributed by atoms with E-state index in [2.05, 4.69) is 0 Å². The van der Waals surface area contributed by atoms with Gasteiger partial charge in [0.25, 0.3) is 0 Å². The molecule has 1 aromatic carbocycles. The zero-order valence-electron chi connectivity index (χ0n) is 13.0. The van der Waals surface area contributed by atoms with E-state index in [1.165, 1.54) is 22.5 Å². The number of sulfonamides is 1. The van der Waals surface area contributed by atoms with E-state index < -0.39 is 10.0 Å². The predicted octanol–water partition coefficient (Wildman–Crippen LogP) is 3.16. The van der Waals surface area contributed by atoms with E-state index >= 15 is 0 Å². The standard InChI is InChI=1S/C15H20Cl2N2O3S/c1-23(21,22)19(14-10-12(16)9-13(17)11-14)8-5-15(20)18-6-3-2-4-7-18/h9-11H,2-8H2,1H3. The van der Waals surface area contributed by atoms with E-state index in [-0.39, 0.29) is 18.9 Å². The summed E-state index contributed by atoms with van der Waals surface area (Å²) < 4.78 is 25.3. The minimum atomic E-state index is -3.53. The van der Waals surface area contributed by atoms with Gasteiger partial charge in [0.15, 0.2) is 0 Å². The first-order chi connectivity index (χ1) is 10.8. The molecular weight excluding hydrogens is 359 g/mol. The van der Waals surface area contributed by atoms with Crippen LogP contribution in [0.15, 0.2) is 18.2 Å². The van der Waals surface area contributed by atoms with Crippen LogP contribution < -0.4 is 4.31 Å². The van der Waals surface area contributed by atoms with Crippen molar-refractivity contribution in [2.24, 2.45) is 0 Å². The molecule has 0 atom stereocenters. The molecule has 5 nitrogen and oxygen atoms in total. The lowest BCUT2D eigenvalue weighted by Gasteiger charge is -2.28. The number of piperidine rings is 1. The van der Waals surface area contributed by atoms with Crippen molar-refractivity contribution in [3.05, 3.63) is 28.2 Å². The quantitative estimate of drug-likeness (QED) is 0.790. The lowest BCUT2D eigenvalue weighted by Crippen LogP contribution is -2.39. The molecule has 0 unspecified atom stereocenters. The van der Waals surface area contributed by atoms with Gasteiger partial charge < -0.3 is 4.90 Å². The van der Waals surface area contributed by atoms with E-state index in [0.717, 1.165) is 38.6 Å². The van der Waals surface area contributed by atoms with Crippen molar-refractivity contribution in [2.75, 3.05) is 30.2 Å². The van der Waals surface area contributed by atoms with Crippen molar-refractivity contribution in [2.45, 2.75) is 25.7 Å². The van der Waals surface area contributed by atoms with Crippen molar-refractivity contribution in [3.63, 3.8) is 0 Å². The highest BCUT2D eigenvalue weighted by Crippen LogP contribution is 2.27. The summed E-state index contributed by atoms with van der Waals surface area (Å²) in [5.41, 5.74) is 0.372. The molecule has 0 N–H and O–H groups in total. The Kier molecular flexibility index (Phi) is 6.17. The first-order valence-corrected chi connectivity index (χ1v) is 10.1. The molecule has 0 radical (unpaired) electrons. The number of likely N-dealkylation sites (tertiary alicyclic amines) is 1. The lowest BCUT2D eigenvalue weighted by molar-refractivity contribution is -0.131. The normalized spacial score (nSPS) is 15.5. The van der Waals surface area contributed by atoms with E-state index in [1.807, 2.05) is 0 Å². The average molecular weight is 379 g/mol. The Balaban J connectivity index is 2.12. The molecule has 0 aliphatic carbocycles. The van der Waals surface area contributed by atoms with E-state index in [9.17, 15) is 13.2 Å². The Morgan fingerprint density at radius 3 is 2.22 bits per heavy atom. The van der Waals surface area contributed by atoms with Gasteiger partial charge in [-0.3, -0.25) is 9.10 Å². The van der Waals surface area contributed by atoms with Crippen LogP contribution in [0.4, 0.5) is 5.69 Å². The molecule has 0 bridgehead atoms. The molecule has 1 fully saturated rings. The second-order valence-corrected chi connectivity index (χ2v) is 8.43. The Hall–Kier alpha value is -0.980. The van der Waals surface area contributed by atoms with Crippen molar-refractivity contribution in [3.8, 4) is 0 Å². The Morgan fingerprint density at radius 2 is 1.70 bits per heavy atom. The maximum absolute atomic E-state index is 12.2. The van der Waals surface area contributed by atoms with Crippen LogP contribution in [0, 0.1) is 0 Å². The molecule has 23 heavy (non-hydrogen) atoms. The fourth-order valence-corrected chi connectivity index (χ4v) is 4.09. The van der Waals surface area contributed by atoms with Crippen LogP contribution in [-0.4, -0.2) is 45.1 Å². The first kappa shape index (κ1) is 18.4. The summed E-state index contributed by atoms with van der Waals surface area (Å²) >= 11 is 11.9. The summed E-state index contributed by atoms with van der Waals surface area (Å²) in [4.78, 5) is 14.0. The third-order valence-corrected chi connectivity index (χ3v) is 5.40. The van der Waals surface area contributed by atoms with Crippen molar-refractivity contribution >= 4 is 44.8 Å². The summed E-state index contributed by atoms with van der Waals surface area (Å²) in [5, 5.41) is 0.701. The zero-order valence-corrected chi connectivity index (χ0v) is 15.3.